The van der Waals surface area contributed by atoms with Crippen LogP contribution < -0.4 is 16.2 Å². The molecule has 2 aromatic rings. The molecule has 0 saturated heterocycles. The van der Waals surface area contributed by atoms with Crippen LogP contribution in [0, 0.1) is 0 Å². The Balaban J connectivity index is 2.36. The Bertz CT molecular complexity index is 597. The maximum absolute atomic E-state index is 12.8. The van der Waals surface area contributed by atoms with Gasteiger partial charge in [-0.25, -0.2) is 0 Å². The standard InChI is InChI=1S/C13H11F3N2O/c14-13(15,16)9-3-1-2-4-12(9)19-8-5-6-10(17)11(18)7-8/h1-7H,17-18H2. The fraction of sp³-hybridized carbons (Fsp3) is 0.0769. The summed E-state index contributed by atoms with van der Waals surface area (Å²) in [5.74, 6) is -0.0810. The topological polar surface area (TPSA) is 61.3 Å². The van der Waals surface area contributed by atoms with Crippen molar-refractivity contribution in [3.05, 3.63) is 48.0 Å². The minimum Gasteiger partial charge on any atom is -0.457 e. The second kappa shape index (κ2) is 4.72. The van der Waals surface area contributed by atoms with Crippen molar-refractivity contribution in [3.8, 4) is 11.5 Å². The van der Waals surface area contributed by atoms with Crippen LogP contribution in [-0.2, 0) is 6.18 Å². The van der Waals surface area contributed by atoms with E-state index < -0.39 is 11.7 Å². The SMILES string of the molecule is Nc1ccc(Oc2ccccc2C(F)(F)F)cc1N. The number of hydrogen-bond acceptors (Lipinski definition) is 3. The van der Waals surface area contributed by atoms with Gasteiger partial charge in [0.25, 0.3) is 0 Å². The number of rotatable bonds is 2. The van der Waals surface area contributed by atoms with Crippen LogP contribution in [0.3, 0.4) is 0 Å². The molecule has 19 heavy (non-hydrogen) atoms. The fourth-order valence-electron chi connectivity index (χ4n) is 1.53. The lowest BCUT2D eigenvalue weighted by molar-refractivity contribution is -0.138. The van der Waals surface area contributed by atoms with E-state index in [2.05, 4.69) is 0 Å². The Hall–Kier alpha value is -2.37. The molecule has 0 aliphatic heterocycles. The van der Waals surface area contributed by atoms with Gasteiger partial charge < -0.3 is 16.2 Å². The number of nitrogen functional groups attached to an aromatic ring is 2. The molecule has 2 aromatic carbocycles. The third-order valence-corrected chi connectivity index (χ3v) is 2.48. The van der Waals surface area contributed by atoms with Crippen LogP contribution in [0.1, 0.15) is 5.56 Å². The first-order valence-corrected chi connectivity index (χ1v) is 5.37. The molecule has 0 radical (unpaired) electrons. The smallest absolute Gasteiger partial charge is 0.419 e. The van der Waals surface area contributed by atoms with Gasteiger partial charge in [-0.2, -0.15) is 13.2 Å². The summed E-state index contributed by atoms with van der Waals surface area (Å²) in [4.78, 5) is 0. The number of benzene rings is 2. The molecule has 0 saturated carbocycles. The zero-order chi connectivity index (χ0) is 14.0. The van der Waals surface area contributed by atoms with E-state index in [-0.39, 0.29) is 17.2 Å². The Morgan fingerprint density at radius 1 is 0.895 bits per heavy atom. The van der Waals surface area contributed by atoms with Crippen molar-refractivity contribution < 1.29 is 17.9 Å². The van der Waals surface area contributed by atoms with Crippen molar-refractivity contribution >= 4 is 11.4 Å². The van der Waals surface area contributed by atoms with Gasteiger partial charge in [-0.15, -0.1) is 0 Å². The minimum absolute atomic E-state index is 0.198. The minimum atomic E-state index is -4.48. The van der Waals surface area contributed by atoms with Gasteiger partial charge in [-0.1, -0.05) is 12.1 Å². The second-order valence-corrected chi connectivity index (χ2v) is 3.89. The first kappa shape index (κ1) is 13.1. The molecule has 0 aliphatic carbocycles. The molecule has 0 unspecified atom stereocenters. The lowest BCUT2D eigenvalue weighted by atomic mass is 10.2. The van der Waals surface area contributed by atoms with Gasteiger partial charge in [0.15, 0.2) is 0 Å². The van der Waals surface area contributed by atoms with Crippen LogP contribution >= 0.6 is 0 Å². The molecule has 3 nitrogen and oxygen atoms in total. The fourth-order valence-corrected chi connectivity index (χ4v) is 1.53. The number of para-hydroxylation sites is 1. The monoisotopic (exact) mass is 268 g/mol. The summed E-state index contributed by atoms with van der Waals surface area (Å²) < 4.78 is 43.5. The first-order valence-electron chi connectivity index (χ1n) is 5.37. The van der Waals surface area contributed by atoms with Crippen molar-refractivity contribution in [1.29, 1.82) is 0 Å². The number of anilines is 2. The van der Waals surface area contributed by atoms with Crippen molar-refractivity contribution in [3.63, 3.8) is 0 Å². The summed E-state index contributed by atoms with van der Waals surface area (Å²) in [7, 11) is 0. The number of halogens is 3. The lowest BCUT2D eigenvalue weighted by Gasteiger charge is -2.13. The van der Waals surface area contributed by atoms with Crippen molar-refractivity contribution in [1.82, 2.24) is 0 Å². The Labute approximate surface area is 107 Å². The molecular formula is C13H11F3N2O. The third-order valence-electron chi connectivity index (χ3n) is 2.48. The molecule has 0 fully saturated rings. The van der Waals surface area contributed by atoms with Gasteiger partial charge in [0.05, 0.1) is 16.9 Å². The van der Waals surface area contributed by atoms with Crippen LogP contribution in [0.4, 0.5) is 24.5 Å². The highest BCUT2D eigenvalue weighted by Gasteiger charge is 2.34. The summed E-state index contributed by atoms with van der Waals surface area (Å²) in [6, 6.07) is 9.27. The molecule has 0 bridgehead atoms. The van der Waals surface area contributed by atoms with E-state index in [9.17, 15) is 13.2 Å². The molecule has 0 atom stereocenters. The predicted molar refractivity (Wildman–Crippen MR) is 66.8 cm³/mol. The largest absolute Gasteiger partial charge is 0.457 e. The highest BCUT2D eigenvalue weighted by atomic mass is 19.4. The van der Waals surface area contributed by atoms with Gasteiger partial charge >= 0.3 is 6.18 Å². The lowest BCUT2D eigenvalue weighted by Crippen LogP contribution is -2.06. The highest BCUT2D eigenvalue weighted by Crippen LogP contribution is 2.38. The van der Waals surface area contributed by atoms with E-state index in [4.69, 9.17) is 16.2 Å². The molecule has 0 spiro atoms. The van der Waals surface area contributed by atoms with E-state index in [1.54, 1.807) is 0 Å². The zero-order valence-electron chi connectivity index (χ0n) is 9.74. The van der Waals surface area contributed by atoms with Crippen molar-refractivity contribution in [2.24, 2.45) is 0 Å². The normalized spacial score (nSPS) is 11.3. The summed E-state index contributed by atoms with van der Waals surface area (Å²) >= 11 is 0. The van der Waals surface area contributed by atoms with Gasteiger partial charge in [0.1, 0.15) is 11.5 Å². The Kier molecular flexibility index (Phi) is 3.25. The zero-order valence-corrected chi connectivity index (χ0v) is 9.74. The summed E-state index contributed by atoms with van der Waals surface area (Å²) in [6.45, 7) is 0. The van der Waals surface area contributed by atoms with E-state index in [1.165, 1.54) is 36.4 Å². The maximum Gasteiger partial charge on any atom is 0.419 e. The molecule has 100 valence electrons. The van der Waals surface area contributed by atoms with E-state index in [0.29, 0.717) is 5.69 Å². The molecule has 2 rings (SSSR count). The van der Waals surface area contributed by atoms with Crippen LogP contribution in [0.2, 0.25) is 0 Å². The van der Waals surface area contributed by atoms with Crippen LogP contribution in [0.5, 0.6) is 11.5 Å². The molecule has 0 amide bonds. The molecular weight excluding hydrogens is 257 g/mol. The predicted octanol–water partition coefficient (Wildman–Crippen LogP) is 3.66. The average Bonchev–Trinajstić information content (AvgIpc) is 2.33. The van der Waals surface area contributed by atoms with E-state index in [1.807, 2.05) is 0 Å². The average molecular weight is 268 g/mol. The Morgan fingerprint density at radius 3 is 2.21 bits per heavy atom. The molecule has 4 N–H and O–H groups in total. The number of alkyl halides is 3. The van der Waals surface area contributed by atoms with Gasteiger partial charge in [-0.05, 0) is 24.3 Å². The summed E-state index contributed by atoms with van der Waals surface area (Å²) in [5.41, 5.74) is 10.8. The van der Waals surface area contributed by atoms with Crippen molar-refractivity contribution in [2.75, 3.05) is 11.5 Å². The molecule has 0 heterocycles. The summed E-state index contributed by atoms with van der Waals surface area (Å²) in [6.07, 6.45) is -4.48. The quantitative estimate of drug-likeness (QED) is 0.817. The third kappa shape index (κ3) is 2.90. The molecule has 0 aliphatic rings. The van der Waals surface area contributed by atoms with Gasteiger partial charge in [-0.3, -0.25) is 0 Å². The molecule has 0 aromatic heterocycles. The van der Waals surface area contributed by atoms with Crippen LogP contribution in [0.25, 0.3) is 0 Å². The van der Waals surface area contributed by atoms with Crippen molar-refractivity contribution in [2.45, 2.75) is 6.18 Å². The number of hydrogen-bond donors (Lipinski definition) is 2. The summed E-state index contributed by atoms with van der Waals surface area (Å²) in [5, 5.41) is 0. The van der Waals surface area contributed by atoms with Crippen LogP contribution in [-0.4, -0.2) is 0 Å². The highest BCUT2D eigenvalue weighted by molar-refractivity contribution is 5.65. The van der Waals surface area contributed by atoms with E-state index >= 15 is 0 Å². The van der Waals surface area contributed by atoms with Gasteiger partial charge in [0, 0.05) is 6.07 Å². The molecule has 6 heteroatoms. The Morgan fingerprint density at radius 2 is 1.58 bits per heavy atom. The van der Waals surface area contributed by atoms with Crippen LogP contribution in [0.15, 0.2) is 42.5 Å². The maximum atomic E-state index is 12.8. The number of ether oxygens (including phenoxy) is 1. The second-order valence-electron chi connectivity index (χ2n) is 3.89. The van der Waals surface area contributed by atoms with Gasteiger partial charge in [0.2, 0.25) is 0 Å². The first-order chi connectivity index (χ1) is 8.88. The number of nitrogens with two attached hydrogens (primary N) is 2. The van der Waals surface area contributed by atoms with E-state index in [0.717, 1.165) is 6.07 Å².